The minimum atomic E-state index is -4.91. The maximum atomic E-state index is 14.1. The Balaban J connectivity index is 1.65. The second-order valence-electron chi connectivity index (χ2n) is 8.18. The van der Waals surface area contributed by atoms with Crippen molar-refractivity contribution in [2.24, 2.45) is 0 Å². The van der Waals surface area contributed by atoms with Gasteiger partial charge < -0.3 is 20.7 Å². The van der Waals surface area contributed by atoms with Gasteiger partial charge in [-0.2, -0.15) is 13.2 Å². The number of hydrogen-bond acceptors (Lipinski definition) is 4. The van der Waals surface area contributed by atoms with Crippen molar-refractivity contribution >= 4 is 40.7 Å². The minimum absolute atomic E-state index is 0.00925. The van der Waals surface area contributed by atoms with Gasteiger partial charge in [0.1, 0.15) is 17.4 Å². The number of benzene rings is 3. The van der Waals surface area contributed by atoms with Crippen molar-refractivity contribution in [3.05, 3.63) is 86.9 Å². The van der Waals surface area contributed by atoms with Crippen LogP contribution in [0, 0.1) is 11.6 Å². The molecule has 0 bridgehead atoms. The van der Waals surface area contributed by atoms with Gasteiger partial charge in [-0.1, -0.05) is 11.6 Å². The van der Waals surface area contributed by atoms with Gasteiger partial charge in [-0.3, -0.25) is 14.4 Å². The van der Waals surface area contributed by atoms with Gasteiger partial charge in [-0.05, 0) is 36.4 Å². The number of amides is 3. The third-order valence-corrected chi connectivity index (χ3v) is 6.09. The van der Waals surface area contributed by atoms with E-state index in [9.17, 15) is 36.3 Å². The number of carbonyl (C=O) groups is 3. The van der Waals surface area contributed by atoms with E-state index in [2.05, 4.69) is 16.0 Å². The first-order valence-electron chi connectivity index (χ1n) is 10.5. The average Bonchev–Trinajstić information content (AvgIpc) is 3.17. The van der Waals surface area contributed by atoms with E-state index in [0.29, 0.717) is 12.1 Å². The molecule has 2 aliphatic heterocycles. The van der Waals surface area contributed by atoms with Gasteiger partial charge in [0.2, 0.25) is 0 Å². The molecule has 2 heterocycles. The Labute approximate surface area is 209 Å². The second-order valence-corrected chi connectivity index (χ2v) is 8.58. The van der Waals surface area contributed by atoms with Crippen LogP contribution < -0.4 is 20.7 Å². The molecule has 0 saturated heterocycles. The predicted molar refractivity (Wildman–Crippen MR) is 121 cm³/mol. The van der Waals surface area contributed by atoms with Gasteiger partial charge in [0, 0.05) is 27.8 Å². The summed E-state index contributed by atoms with van der Waals surface area (Å²) in [7, 11) is 0. The number of rotatable bonds is 3. The third kappa shape index (κ3) is 4.44. The van der Waals surface area contributed by atoms with Crippen LogP contribution in [-0.4, -0.2) is 24.3 Å². The monoisotopic (exact) mass is 537 g/mol. The summed E-state index contributed by atoms with van der Waals surface area (Å²) in [5.74, 6) is -4.39. The summed E-state index contributed by atoms with van der Waals surface area (Å²) in [6, 6.07) is 4.86. The van der Waals surface area contributed by atoms with E-state index < -0.39 is 59.3 Å². The number of alkyl halides is 3. The molecule has 3 aromatic rings. The largest absolute Gasteiger partial charge is 0.481 e. The lowest BCUT2D eigenvalue weighted by molar-refractivity contribution is -0.137. The van der Waals surface area contributed by atoms with E-state index in [4.69, 9.17) is 16.3 Å². The predicted octanol–water partition coefficient (Wildman–Crippen LogP) is 5.05. The summed E-state index contributed by atoms with van der Waals surface area (Å²) < 4.78 is 72.8. The third-order valence-electron chi connectivity index (χ3n) is 5.75. The number of carbonyl (C=O) groups excluding carboxylic acids is 3. The van der Waals surface area contributed by atoms with Gasteiger partial charge in [0.25, 0.3) is 17.7 Å². The van der Waals surface area contributed by atoms with Crippen LogP contribution in [0.25, 0.3) is 0 Å². The Bertz CT molecular complexity index is 1510. The molecular weight excluding hydrogens is 525 g/mol. The molecule has 1 atom stereocenters. The molecule has 3 aromatic carbocycles. The molecule has 0 fully saturated rings. The van der Waals surface area contributed by atoms with Crippen molar-refractivity contribution in [3.8, 4) is 5.75 Å². The van der Waals surface area contributed by atoms with E-state index in [1.54, 1.807) is 0 Å². The van der Waals surface area contributed by atoms with Crippen LogP contribution in [0.2, 0.25) is 5.02 Å². The van der Waals surface area contributed by atoms with E-state index in [-0.39, 0.29) is 44.9 Å². The van der Waals surface area contributed by atoms with Crippen LogP contribution in [0.3, 0.4) is 0 Å². The van der Waals surface area contributed by atoms with Crippen molar-refractivity contribution < 1.29 is 41.1 Å². The first-order valence-corrected chi connectivity index (χ1v) is 10.9. The maximum Gasteiger partial charge on any atom is 0.416 e. The Kier molecular flexibility index (Phi) is 5.78. The van der Waals surface area contributed by atoms with E-state index in [0.717, 1.165) is 12.1 Å². The Morgan fingerprint density at radius 2 is 1.81 bits per heavy atom. The molecule has 5 rings (SSSR count). The smallest absolute Gasteiger partial charge is 0.416 e. The molecule has 1 unspecified atom stereocenters. The van der Waals surface area contributed by atoms with Crippen molar-refractivity contribution in [3.63, 3.8) is 0 Å². The van der Waals surface area contributed by atoms with Crippen LogP contribution in [0.5, 0.6) is 5.75 Å². The number of ether oxygens (including phenoxy) is 1. The fourth-order valence-electron chi connectivity index (χ4n) is 4.19. The second kappa shape index (κ2) is 8.73. The number of nitrogens with one attached hydrogen (secondary N) is 3. The lowest BCUT2D eigenvalue weighted by Crippen LogP contribution is -2.27. The topological polar surface area (TPSA) is 96.5 Å². The number of halogens is 6. The first kappa shape index (κ1) is 24.5. The molecule has 0 aliphatic carbocycles. The summed E-state index contributed by atoms with van der Waals surface area (Å²) in [5.41, 5.74) is -2.12. The summed E-state index contributed by atoms with van der Waals surface area (Å²) in [6.07, 6.45) is -4.91. The van der Waals surface area contributed by atoms with Gasteiger partial charge >= 0.3 is 6.18 Å². The summed E-state index contributed by atoms with van der Waals surface area (Å²) in [4.78, 5) is 37.9. The van der Waals surface area contributed by atoms with Crippen LogP contribution in [-0.2, 0) is 11.0 Å². The Morgan fingerprint density at radius 1 is 1.05 bits per heavy atom. The zero-order valence-electron chi connectivity index (χ0n) is 18.2. The SMILES string of the molecule is O=C1COc2cc(NC(=O)c3cc(F)cc(C(F)(F)F)c3)c3c(c2N1)C(=O)NC3c1cc(F)ccc1Cl. The van der Waals surface area contributed by atoms with Crippen LogP contribution in [0.4, 0.5) is 33.3 Å². The molecule has 0 radical (unpaired) electrons. The van der Waals surface area contributed by atoms with Crippen molar-refractivity contribution in [1.82, 2.24) is 5.32 Å². The Morgan fingerprint density at radius 3 is 2.54 bits per heavy atom. The maximum absolute atomic E-state index is 14.1. The van der Waals surface area contributed by atoms with Gasteiger partial charge in [-0.25, -0.2) is 8.78 Å². The lowest BCUT2D eigenvalue weighted by atomic mass is 9.94. The molecule has 0 aromatic heterocycles. The highest BCUT2D eigenvalue weighted by molar-refractivity contribution is 6.31. The molecule has 0 saturated carbocycles. The highest BCUT2D eigenvalue weighted by Crippen LogP contribution is 2.47. The minimum Gasteiger partial charge on any atom is -0.481 e. The fourth-order valence-corrected chi connectivity index (χ4v) is 4.42. The normalized spacial score (nSPS) is 16.3. The first-order chi connectivity index (χ1) is 17.4. The van der Waals surface area contributed by atoms with Crippen molar-refractivity contribution in [2.45, 2.75) is 12.2 Å². The number of anilines is 2. The van der Waals surface area contributed by atoms with Gasteiger partial charge in [0.15, 0.2) is 6.61 Å². The molecule has 37 heavy (non-hydrogen) atoms. The number of fused-ring (bicyclic) bond motifs is 3. The number of hydrogen-bond donors (Lipinski definition) is 3. The van der Waals surface area contributed by atoms with E-state index in [1.165, 1.54) is 12.1 Å². The van der Waals surface area contributed by atoms with E-state index in [1.807, 2.05) is 0 Å². The molecule has 2 aliphatic rings. The van der Waals surface area contributed by atoms with Gasteiger partial charge in [0.05, 0.1) is 28.5 Å². The lowest BCUT2D eigenvalue weighted by Gasteiger charge is -2.23. The van der Waals surface area contributed by atoms with Crippen LogP contribution in [0.15, 0.2) is 42.5 Å². The molecule has 13 heteroatoms. The molecular formula is C24H13ClF5N3O4. The Hall–Kier alpha value is -4.19. The molecule has 3 N–H and O–H groups in total. The summed E-state index contributed by atoms with van der Waals surface area (Å²) >= 11 is 6.24. The zero-order chi connectivity index (χ0) is 26.6. The van der Waals surface area contributed by atoms with Crippen LogP contribution in [0.1, 0.15) is 43.4 Å². The standard InChI is InChI=1S/C24H13ClF5N3O4/c25-14-2-1-11(26)6-13(14)20-18-15(7-16-21(19(18)23(36)33-20)32-17(34)8-37-16)31-22(35)9-3-10(24(28,29)30)5-12(27)4-9/h1-7,20H,8H2,(H,31,35)(H,32,34)(H,33,36). The highest BCUT2D eigenvalue weighted by atomic mass is 35.5. The molecule has 7 nitrogen and oxygen atoms in total. The average molecular weight is 538 g/mol. The zero-order valence-corrected chi connectivity index (χ0v) is 19.0. The van der Waals surface area contributed by atoms with Gasteiger partial charge in [-0.15, -0.1) is 0 Å². The van der Waals surface area contributed by atoms with Crippen LogP contribution >= 0.6 is 11.6 Å². The van der Waals surface area contributed by atoms with Crippen molar-refractivity contribution in [2.75, 3.05) is 17.2 Å². The molecule has 190 valence electrons. The quantitative estimate of drug-likeness (QED) is 0.407. The van der Waals surface area contributed by atoms with E-state index >= 15 is 0 Å². The highest BCUT2D eigenvalue weighted by Gasteiger charge is 2.40. The fraction of sp³-hybridized carbons (Fsp3) is 0.125. The molecule has 0 spiro atoms. The van der Waals surface area contributed by atoms with Crippen molar-refractivity contribution in [1.29, 1.82) is 0 Å². The summed E-state index contributed by atoms with van der Waals surface area (Å²) in [5, 5.41) is 7.57. The molecule has 3 amide bonds. The summed E-state index contributed by atoms with van der Waals surface area (Å²) in [6.45, 7) is -0.404.